The van der Waals surface area contributed by atoms with E-state index in [-0.39, 0.29) is 16.5 Å². The van der Waals surface area contributed by atoms with Crippen LogP contribution in [0.3, 0.4) is 0 Å². The number of nitrogens with zero attached hydrogens (tertiary/aromatic N) is 1. The summed E-state index contributed by atoms with van der Waals surface area (Å²) in [4.78, 5) is 10.9. The summed E-state index contributed by atoms with van der Waals surface area (Å²) in [5, 5.41) is 8.81. The molecule has 104 valence electrons. The number of benzene rings is 1. The maximum absolute atomic E-state index is 12.5. The lowest BCUT2D eigenvalue weighted by atomic mass is 10.2. The van der Waals surface area contributed by atoms with E-state index < -0.39 is 16.0 Å². The van der Waals surface area contributed by atoms with Crippen LogP contribution in [-0.4, -0.2) is 36.4 Å². The first-order valence-electron chi connectivity index (χ1n) is 6.32. The normalized spacial score (nSPS) is 15.7. The van der Waals surface area contributed by atoms with Crippen LogP contribution in [0.25, 0.3) is 0 Å². The van der Waals surface area contributed by atoms with Crippen molar-refractivity contribution in [2.45, 2.75) is 37.1 Å². The lowest BCUT2D eigenvalue weighted by Gasteiger charge is -2.21. The highest BCUT2D eigenvalue weighted by Gasteiger charge is 2.37. The zero-order chi connectivity index (χ0) is 14.0. The smallest absolute Gasteiger partial charge is 0.335 e. The first-order valence-corrected chi connectivity index (χ1v) is 7.76. The molecular weight excluding hydrogens is 266 g/mol. The molecule has 0 amide bonds. The lowest BCUT2D eigenvalue weighted by Crippen LogP contribution is -2.33. The van der Waals surface area contributed by atoms with Crippen LogP contribution in [0.2, 0.25) is 0 Å². The van der Waals surface area contributed by atoms with E-state index in [2.05, 4.69) is 0 Å². The summed E-state index contributed by atoms with van der Waals surface area (Å²) in [6, 6.07) is 5.50. The first-order chi connectivity index (χ1) is 8.96. The third-order valence-corrected chi connectivity index (χ3v) is 5.07. The second-order valence-electron chi connectivity index (χ2n) is 4.68. The Hall–Kier alpha value is -1.40. The number of carboxylic acids is 1. The number of carbonyl (C=O) groups is 1. The van der Waals surface area contributed by atoms with Gasteiger partial charge in [-0.05, 0) is 43.5 Å². The Bertz CT molecular complexity index is 561. The van der Waals surface area contributed by atoms with Gasteiger partial charge in [0.25, 0.3) is 0 Å². The number of aromatic carboxylic acids is 1. The monoisotopic (exact) mass is 283 g/mol. The van der Waals surface area contributed by atoms with Gasteiger partial charge in [-0.25, -0.2) is 13.2 Å². The Balaban J connectivity index is 2.29. The van der Waals surface area contributed by atoms with E-state index in [0.717, 1.165) is 19.3 Å². The molecule has 0 aromatic heterocycles. The van der Waals surface area contributed by atoms with Gasteiger partial charge in [0.2, 0.25) is 10.0 Å². The molecule has 1 aliphatic rings. The zero-order valence-electron chi connectivity index (χ0n) is 10.7. The molecule has 0 aliphatic heterocycles. The summed E-state index contributed by atoms with van der Waals surface area (Å²) in [6.45, 7) is 2.45. The summed E-state index contributed by atoms with van der Waals surface area (Å²) in [5.41, 5.74) is 0.0902. The number of hydrogen-bond donors (Lipinski definition) is 1. The molecule has 19 heavy (non-hydrogen) atoms. The molecule has 0 saturated heterocycles. The van der Waals surface area contributed by atoms with E-state index >= 15 is 0 Å². The minimum atomic E-state index is -3.50. The molecule has 0 unspecified atom stereocenters. The molecule has 1 aromatic carbocycles. The van der Waals surface area contributed by atoms with E-state index in [0.29, 0.717) is 6.54 Å². The van der Waals surface area contributed by atoms with Crippen LogP contribution in [-0.2, 0) is 10.0 Å². The molecule has 5 nitrogen and oxygen atoms in total. The third-order valence-electron chi connectivity index (χ3n) is 3.11. The van der Waals surface area contributed by atoms with E-state index in [4.69, 9.17) is 5.11 Å². The molecule has 1 aromatic rings. The average molecular weight is 283 g/mol. The molecule has 1 N–H and O–H groups in total. The zero-order valence-corrected chi connectivity index (χ0v) is 11.6. The first kappa shape index (κ1) is 14.0. The highest BCUT2D eigenvalue weighted by Crippen LogP contribution is 2.32. The van der Waals surface area contributed by atoms with Crippen LogP contribution in [0, 0.1) is 0 Å². The highest BCUT2D eigenvalue weighted by atomic mass is 32.2. The van der Waals surface area contributed by atoms with Gasteiger partial charge in [-0.15, -0.1) is 0 Å². The van der Waals surface area contributed by atoms with Crippen LogP contribution >= 0.6 is 0 Å². The Labute approximate surface area is 112 Å². The van der Waals surface area contributed by atoms with Crippen LogP contribution in [0.5, 0.6) is 0 Å². The minimum Gasteiger partial charge on any atom is -0.478 e. The van der Waals surface area contributed by atoms with Crippen molar-refractivity contribution < 1.29 is 18.3 Å². The predicted molar refractivity (Wildman–Crippen MR) is 70.6 cm³/mol. The van der Waals surface area contributed by atoms with Gasteiger partial charge in [0.1, 0.15) is 0 Å². The summed E-state index contributed by atoms with van der Waals surface area (Å²) in [7, 11) is -3.50. The Kier molecular flexibility index (Phi) is 3.91. The molecule has 0 radical (unpaired) electrons. The van der Waals surface area contributed by atoms with Crippen molar-refractivity contribution >= 4 is 16.0 Å². The molecule has 0 atom stereocenters. The molecule has 1 saturated carbocycles. The van der Waals surface area contributed by atoms with Gasteiger partial charge in [0.15, 0.2) is 0 Å². The highest BCUT2D eigenvalue weighted by molar-refractivity contribution is 7.89. The van der Waals surface area contributed by atoms with Gasteiger partial charge in [0, 0.05) is 12.6 Å². The summed E-state index contributed by atoms with van der Waals surface area (Å²) < 4.78 is 26.5. The fourth-order valence-electron chi connectivity index (χ4n) is 1.99. The quantitative estimate of drug-likeness (QED) is 0.866. The Morgan fingerprint density at radius 1 is 1.32 bits per heavy atom. The molecular formula is C13H17NO4S. The van der Waals surface area contributed by atoms with Crippen molar-refractivity contribution in [3.63, 3.8) is 0 Å². The predicted octanol–water partition coefficient (Wildman–Crippen LogP) is 1.95. The largest absolute Gasteiger partial charge is 0.478 e. The Morgan fingerprint density at radius 3 is 2.32 bits per heavy atom. The van der Waals surface area contributed by atoms with E-state index in [1.165, 1.54) is 28.6 Å². The standard InChI is InChI=1S/C13H17NO4S/c1-2-9-14(11-5-6-11)19(17,18)12-7-3-10(4-8-12)13(15)16/h3-4,7-8,11H,2,5-6,9H2,1H3,(H,15,16). The van der Waals surface area contributed by atoms with Gasteiger partial charge in [-0.3, -0.25) is 0 Å². The molecule has 6 heteroatoms. The van der Waals surface area contributed by atoms with Crippen LogP contribution in [0.4, 0.5) is 0 Å². The van der Waals surface area contributed by atoms with Crippen LogP contribution in [0.15, 0.2) is 29.2 Å². The SMILES string of the molecule is CCCN(C1CC1)S(=O)(=O)c1ccc(C(=O)O)cc1. The van der Waals surface area contributed by atoms with Gasteiger partial charge in [0.05, 0.1) is 10.5 Å². The van der Waals surface area contributed by atoms with Crippen molar-refractivity contribution in [3.05, 3.63) is 29.8 Å². The fraction of sp³-hybridized carbons (Fsp3) is 0.462. The second-order valence-corrected chi connectivity index (χ2v) is 6.57. The van der Waals surface area contributed by atoms with Crippen molar-refractivity contribution in [2.75, 3.05) is 6.54 Å². The van der Waals surface area contributed by atoms with Gasteiger partial charge < -0.3 is 5.11 Å². The van der Waals surface area contributed by atoms with Crippen LogP contribution in [0.1, 0.15) is 36.5 Å². The van der Waals surface area contributed by atoms with Crippen molar-refractivity contribution in [2.24, 2.45) is 0 Å². The number of sulfonamides is 1. The van der Waals surface area contributed by atoms with Gasteiger partial charge in [-0.2, -0.15) is 4.31 Å². The number of hydrogen-bond acceptors (Lipinski definition) is 3. The molecule has 1 fully saturated rings. The summed E-state index contributed by atoms with van der Waals surface area (Å²) in [5.74, 6) is -1.06. The fourth-order valence-corrected chi connectivity index (χ4v) is 3.76. The second kappa shape index (κ2) is 5.30. The molecule has 0 spiro atoms. The average Bonchev–Trinajstić information content (AvgIpc) is 3.20. The van der Waals surface area contributed by atoms with Crippen molar-refractivity contribution in [1.82, 2.24) is 4.31 Å². The Morgan fingerprint density at radius 2 is 1.89 bits per heavy atom. The van der Waals surface area contributed by atoms with Gasteiger partial charge in [-0.1, -0.05) is 6.92 Å². The summed E-state index contributed by atoms with van der Waals surface area (Å²) >= 11 is 0. The summed E-state index contributed by atoms with van der Waals surface area (Å²) in [6.07, 6.45) is 2.59. The third kappa shape index (κ3) is 2.96. The van der Waals surface area contributed by atoms with E-state index in [1.54, 1.807) is 0 Å². The number of carboxylic acid groups (broad SMARTS) is 1. The molecule has 0 bridgehead atoms. The minimum absolute atomic E-state index is 0.0902. The topological polar surface area (TPSA) is 74.7 Å². The molecule has 1 aliphatic carbocycles. The maximum atomic E-state index is 12.5. The maximum Gasteiger partial charge on any atom is 0.335 e. The molecule has 0 heterocycles. The number of rotatable bonds is 6. The lowest BCUT2D eigenvalue weighted by molar-refractivity contribution is 0.0696. The van der Waals surface area contributed by atoms with E-state index in [9.17, 15) is 13.2 Å². The van der Waals surface area contributed by atoms with E-state index in [1.807, 2.05) is 6.92 Å². The van der Waals surface area contributed by atoms with Crippen molar-refractivity contribution in [3.8, 4) is 0 Å². The van der Waals surface area contributed by atoms with Crippen molar-refractivity contribution in [1.29, 1.82) is 0 Å². The van der Waals surface area contributed by atoms with Crippen LogP contribution < -0.4 is 0 Å². The van der Waals surface area contributed by atoms with Gasteiger partial charge >= 0.3 is 5.97 Å². The molecule has 2 rings (SSSR count).